The van der Waals surface area contributed by atoms with Crippen LogP contribution in [0, 0.1) is 23.2 Å². The highest BCUT2D eigenvalue weighted by molar-refractivity contribution is 5.82. The molecule has 0 aliphatic heterocycles. The van der Waals surface area contributed by atoms with Crippen molar-refractivity contribution in [3.8, 4) is 0 Å². The minimum absolute atomic E-state index is 0.0102. The summed E-state index contributed by atoms with van der Waals surface area (Å²) in [6.45, 7) is 15.2. The Morgan fingerprint density at radius 3 is 2.55 bits per heavy atom. The van der Waals surface area contributed by atoms with E-state index in [9.17, 15) is 4.79 Å². The monoisotopic (exact) mass is 398 g/mol. The second kappa shape index (κ2) is 8.49. The van der Waals surface area contributed by atoms with Gasteiger partial charge in [0, 0.05) is 6.42 Å². The lowest BCUT2D eigenvalue weighted by Crippen LogP contribution is -2.40. The summed E-state index contributed by atoms with van der Waals surface area (Å²) in [5.41, 5.74) is 1.68. The Balaban J connectivity index is 1.99. The first-order chi connectivity index (χ1) is 13.6. The minimum atomic E-state index is -0.394. The van der Waals surface area contributed by atoms with Crippen LogP contribution in [0.4, 0.5) is 0 Å². The average Bonchev–Trinajstić information content (AvgIpc) is 2.99. The number of aromatic nitrogens is 2. The van der Waals surface area contributed by atoms with Crippen LogP contribution in [0.5, 0.6) is 0 Å². The Morgan fingerprint density at radius 2 is 1.93 bits per heavy atom. The zero-order valence-electron chi connectivity index (χ0n) is 19.2. The third-order valence-electron chi connectivity index (χ3n) is 6.52. The SMILES string of the molecule is CCc1nc2ccccc2n1C(C(=O)O[C@@H]1CC(C)CCC1C(C)C)C(C)(C)C. The fourth-order valence-corrected chi connectivity index (χ4v) is 4.94. The number of benzene rings is 1. The van der Waals surface area contributed by atoms with Gasteiger partial charge in [-0.2, -0.15) is 0 Å². The largest absolute Gasteiger partial charge is 0.461 e. The number of hydrogen-bond acceptors (Lipinski definition) is 3. The maximum Gasteiger partial charge on any atom is 0.330 e. The van der Waals surface area contributed by atoms with Crippen LogP contribution in [-0.2, 0) is 16.0 Å². The fourth-order valence-electron chi connectivity index (χ4n) is 4.94. The first-order valence-corrected chi connectivity index (χ1v) is 11.3. The summed E-state index contributed by atoms with van der Waals surface area (Å²) in [5.74, 6) is 2.41. The van der Waals surface area contributed by atoms with Gasteiger partial charge in [0.1, 0.15) is 18.0 Å². The molecule has 29 heavy (non-hydrogen) atoms. The van der Waals surface area contributed by atoms with Crippen molar-refractivity contribution >= 4 is 17.0 Å². The Labute approximate surface area is 176 Å². The van der Waals surface area contributed by atoms with Crippen molar-refractivity contribution in [2.45, 2.75) is 86.3 Å². The van der Waals surface area contributed by atoms with Gasteiger partial charge in [-0.15, -0.1) is 0 Å². The summed E-state index contributed by atoms with van der Waals surface area (Å²) in [5, 5.41) is 0. The lowest BCUT2D eigenvalue weighted by Gasteiger charge is -2.39. The summed E-state index contributed by atoms with van der Waals surface area (Å²) in [6, 6.07) is 7.71. The number of ether oxygens (including phenoxy) is 1. The van der Waals surface area contributed by atoms with Gasteiger partial charge in [-0.05, 0) is 48.1 Å². The van der Waals surface area contributed by atoms with Gasteiger partial charge in [0.05, 0.1) is 11.0 Å². The number of carbonyl (C=O) groups is 1. The molecule has 1 aromatic heterocycles. The highest BCUT2D eigenvalue weighted by atomic mass is 16.5. The van der Waals surface area contributed by atoms with E-state index in [0.717, 1.165) is 36.1 Å². The van der Waals surface area contributed by atoms with E-state index >= 15 is 0 Å². The molecule has 1 heterocycles. The smallest absolute Gasteiger partial charge is 0.330 e. The number of esters is 1. The number of para-hydroxylation sites is 2. The fraction of sp³-hybridized carbons (Fsp3) is 0.680. The standard InChI is InChI=1S/C25H38N2O2/c1-8-22-26-19-11-9-10-12-20(19)27(22)23(25(5,6)7)24(28)29-21-15-17(4)13-14-18(21)16(2)3/h9-12,16-18,21,23H,8,13-15H2,1-7H3/t17?,18?,21-,23?/m1/s1. The van der Waals surface area contributed by atoms with E-state index in [0.29, 0.717) is 17.8 Å². The molecular formula is C25H38N2O2. The molecule has 1 aliphatic rings. The van der Waals surface area contributed by atoms with Gasteiger partial charge in [-0.1, -0.05) is 67.0 Å². The van der Waals surface area contributed by atoms with E-state index in [1.807, 2.05) is 18.2 Å². The van der Waals surface area contributed by atoms with Gasteiger partial charge in [0.25, 0.3) is 0 Å². The predicted molar refractivity (Wildman–Crippen MR) is 119 cm³/mol. The van der Waals surface area contributed by atoms with Crippen molar-refractivity contribution in [3.63, 3.8) is 0 Å². The molecule has 0 bridgehead atoms. The molecule has 3 rings (SSSR count). The second-order valence-electron chi connectivity index (χ2n) is 10.3. The molecule has 0 N–H and O–H groups in total. The second-order valence-corrected chi connectivity index (χ2v) is 10.3. The van der Waals surface area contributed by atoms with E-state index in [4.69, 9.17) is 9.72 Å². The molecule has 1 saturated carbocycles. The van der Waals surface area contributed by atoms with E-state index in [2.05, 4.69) is 59.1 Å². The molecule has 3 unspecified atom stereocenters. The number of aryl methyl sites for hydroxylation is 1. The molecule has 0 amide bonds. The molecule has 1 aliphatic carbocycles. The molecule has 160 valence electrons. The lowest BCUT2D eigenvalue weighted by atomic mass is 9.75. The van der Waals surface area contributed by atoms with Gasteiger partial charge in [-0.25, -0.2) is 9.78 Å². The van der Waals surface area contributed by atoms with Crippen LogP contribution in [-0.4, -0.2) is 21.6 Å². The molecule has 4 atom stereocenters. The normalized spacial score (nSPS) is 24.1. The van der Waals surface area contributed by atoms with Crippen LogP contribution in [0.25, 0.3) is 11.0 Å². The molecule has 1 aromatic carbocycles. The number of fused-ring (bicyclic) bond motifs is 1. The first-order valence-electron chi connectivity index (χ1n) is 11.3. The molecule has 0 radical (unpaired) electrons. The molecule has 2 aromatic rings. The molecule has 1 fully saturated rings. The molecule has 0 saturated heterocycles. The quantitative estimate of drug-likeness (QED) is 0.564. The van der Waals surface area contributed by atoms with Crippen LogP contribution < -0.4 is 0 Å². The van der Waals surface area contributed by atoms with Crippen molar-refractivity contribution in [3.05, 3.63) is 30.1 Å². The zero-order valence-corrected chi connectivity index (χ0v) is 19.2. The number of imidazole rings is 1. The van der Waals surface area contributed by atoms with E-state index in [-0.39, 0.29) is 17.5 Å². The Morgan fingerprint density at radius 1 is 1.24 bits per heavy atom. The maximum atomic E-state index is 13.7. The van der Waals surface area contributed by atoms with Gasteiger partial charge in [0.15, 0.2) is 0 Å². The van der Waals surface area contributed by atoms with Gasteiger partial charge < -0.3 is 9.30 Å². The minimum Gasteiger partial charge on any atom is -0.461 e. The van der Waals surface area contributed by atoms with Crippen LogP contribution in [0.2, 0.25) is 0 Å². The third kappa shape index (κ3) is 4.51. The summed E-state index contributed by atoms with van der Waals surface area (Å²) >= 11 is 0. The summed E-state index contributed by atoms with van der Waals surface area (Å²) in [4.78, 5) is 18.5. The topological polar surface area (TPSA) is 44.1 Å². The highest BCUT2D eigenvalue weighted by Gasteiger charge is 2.40. The summed E-state index contributed by atoms with van der Waals surface area (Å²) in [6.07, 6.45) is 4.13. The van der Waals surface area contributed by atoms with Crippen LogP contribution in [0.3, 0.4) is 0 Å². The van der Waals surface area contributed by atoms with Crippen LogP contribution in [0.1, 0.15) is 79.6 Å². The van der Waals surface area contributed by atoms with E-state index in [1.54, 1.807) is 0 Å². The van der Waals surface area contributed by atoms with Crippen molar-refractivity contribution in [1.82, 2.24) is 9.55 Å². The van der Waals surface area contributed by atoms with E-state index in [1.165, 1.54) is 6.42 Å². The van der Waals surface area contributed by atoms with Crippen LogP contribution >= 0.6 is 0 Å². The van der Waals surface area contributed by atoms with E-state index < -0.39 is 6.04 Å². The Kier molecular flexibility index (Phi) is 6.40. The lowest BCUT2D eigenvalue weighted by molar-refractivity contribution is -0.163. The van der Waals surface area contributed by atoms with Gasteiger partial charge >= 0.3 is 5.97 Å². The maximum absolute atomic E-state index is 13.7. The van der Waals surface area contributed by atoms with Crippen molar-refractivity contribution < 1.29 is 9.53 Å². The van der Waals surface area contributed by atoms with Crippen molar-refractivity contribution in [2.24, 2.45) is 23.2 Å². The van der Waals surface area contributed by atoms with Crippen LogP contribution in [0.15, 0.2) is 24.3 Å². The number of hydrogen-bond donors (Lipinski definition) is 0. The van der Waals surface area contributed by atoms with Crippen molar-refractivity contribution in [1.29, 1.82) is 0 Å². The molecule has 0 spiro atoms. The third-order valence-corrected chi connectivity index (χ3v) is 6.52. The Hall–Kier alpha value is -1.84. The molecular weight excluding hydrogens is 360 g/mol. The summed E-state index contributed by atoms with van der Waals surface area (Å²) in [7, 11) is 0. The van der Waals surface area contributed by atoms with Crippen molar-refractivity contribution in [2.75, 3.05) is 0 Å². The highest BCUT2D eigenvalue weighted by Crippen LogP contribution is 2.39. The Bertz CT molecular complexity index is 846. The van der Waals surface area contributed by atoms with Gasteiger partial charge in [0.2, 0.25) is 0 Å². The van der Waals surface area contributed by atoms with Gasteiger partial charge in [-0.3, -0.25) is 0 Å². The first kappa shape index (κ1) is 21.9. The zero-order chi connectivity index (χ0) is 21.3. The average molecular weight is 399 g/mol. The number of nitrogens with zero attached hydrogens (tertiary/aromatic N) is 2. The number of carbonyl (C=O) groups excluding carboxylic acids is 1. The molecule has 4 heteroatoms. The summed E-state index contributed by atoms with van der Waals surface area (Å²) < 4.78 is 8.44. The molecule has 4 nitrogen and oxygen atoms in total. The predicted octanol–water partition coefficient (Wildman–Crippen LogP) is 6.19. The number of rotatable bonds is 5.